The zero-order valence-electron chi connectivity index (χ0n) is 35.4. The lowest BCUT2D eigenvalue weighted by Crippen LogP contribution is -2.70. The van der Waals surface area contributed by atoms with E-state index in [1.54, 1.807) is 28.8 Å². The number of aliphatic hydroxyl groups is 2. The predicted octanol–water partition coefficient (Wildman–Crippen LogP) is 9.44. The Balaban J connectivity index is 1.50. The van der Waals surface area contributed by atoms with Crippen LogP contribution in [0, 0.1) is 17.8 Å². The highest BCUT2D eigenvalue weighted by molar-refractivity contribution is 7.99. The van der Waals surface area contributed by atoms with E-state index in [0.717, 1.165) is 73.3 Å². The van der Waals surface area contributed by atoms with E-state index in [4.69, 9.17) is 33.7 Å². The largest absolute Gasteiger partial charge is 0.493 e. The van der Waals surface area contributed by atoms with Crippen LogP contribution in [0.3, 0.4) is 0 Å². The van der Waals surface area contributed by atoms with Crippen molar-refractivity contribution in [2.75, 3.05) is 51.9 Å². The zero-order valence-corrected chi connectivity index (χ0v) is 36.2. The molecule has 328 valence electrons. The van der Waals surface area contributed by atoms with Crippen LogP contribution in [0.25, 0.3) is 0 Å². The van der Waals surface area contributed by atoms with Crippen LogP contribution in [0.4, 0.5) is 4.79 Å². The number of oxime groups is 1. The molecule has 2 fully saturated rings. The van der Waals surface area contributed by atoms with Gasteiger partial charge in [-0.1, -0.05) is 61.3 Å². The number of fused-ring (bicyclic) bond motifs is 2. The molecule has 2 aromatic rings. The summed E-state index contributed by atoms with van der Waals surface area (Å²) in [4.78, 5) is 23.5. The summed E-state index contributed by atoms with van der Waals surface area (Å²) >= 11 is 1.76. The molecule has 0 aromatic heterocycles. The molecular weight excluding hydrogens is 781 g/mol. The SMILES string of the molecule is C=CCCOC(=O)N(CCC)C1CC(=NOC2CCCCO2)C2=CC(CCCCO)C(CCCCO)C3c4cc(OCCSc5ccccc5)ccc4OC1(OCC=C)C23. The van der Waals surface area contributed by atoms with E-state index in [0.29, 0.717) is 57.6 Å². The van der Waals surface area contributed by atoms with Crippen LogP contribution in [0.5, 0.6) is 11.5 Å². The maximum absolute atomic E-state index is 14.3. The first kappa shape index (κ1) is 45.7. The summed E-state index contributed by atoms with van der Waals surface area (Å²) in [5, 5.41) is 24.8. The van der Waals surface area contributed by atoms with Crippen molar-refractivity contribution in [2.24, 2.45) is 22.9 Å². The number of ether oxygens (including phenoxy) is 5. The van der Waals surface area contributed by atoms with Gasteiger partial charge in [-0.25, -0.2) is 4.79 Å². The average molecular weight is 847 g/mol. The van der Waals surface area contributed by atoms with Crippen molar-refractivity contribution in [3.63, 3.8) is 0 Å². The molecular formula is C48H66N2O9S. The zero-order chi connectivity index (χ0) is 42.2. The van der Waals surface area contributed by atoms with E-state index in [1.807, 2.05) is 37.3 Å². The Hall–Kier alpha value is -3.81. The first-order chi connectivity index (χ1) is 29.5. The van der Waals surface area contributed by atoms with Crippen molar-refractivity contribution in [2.45, 2.75) is 113 Å². The number of hydrogen-bond acceptors (Lipinski definition) is 11. The molecule has 6 rings (SSSR count). The number of hydrogen-bond donors (Lipinski definition) is 2. The van der Waals surface area contributed by atoms with Crippen LogP contribution in [0.15, 0.2) is 95.5 Å². The molecule has 2 aliphatic heterocycles. The highest BCUT2D eigenvalue weighted by atomic mass is 32.2. The molecule has 11 nitrogen and oxygen atoms in total. The number of nitrogens with zero attached hydrogens (tertiary/aromatic N) is 2. The number of carbonyl (C=O) groups is 1. The molecule has 1 amide bonds. The number of carbonyl (C=O) groups excluding carboxylic acids is 1. The molecule has 2 N–H and O–H groups in total. The highest BCUT2D eigenvalue weighted by Crippen LogP contribution is 2.62. The average Bonchev–Trinajstić information content (AvgIpc) is 3.27. The van der Waals surface area contributed by atoms with Gasteiger partial charge in [0.25, 0.3) is 0 Å². The molecule has 1 saturated carbocycles. The fraction of sp³-hybridized carbons (Fsp3) is 0.583. The maximum Gasteiger partial charge on any atom is 0.410 e. The van der Waals surface area contributed by atoms with Crippen LogP contribution < -0.4 is 9.47 Å². The Morgan fingerprint density at radius 1 is 1.03 bits per heavy atom. The van der Waals surface area contributed by atoms with Crippen LogP contribution in [-0.2, 0) is 19.0 Å². The van der Waals surface area contributed by atoms with Gasteiger partial charge in [-0.3, -0.25) is 4.90 Å². The summed E-state index contributed by atoms with van der Waals surface area (Å²) in [7, 11) is 0. The Morgan fingerprint density at radius 2 is 1.85 bits per heavy atom. The van der Waals surface area contributed by atoms with Crippen molar-refractivity contribution in [3.8, 4) is 11.5 Å². The quantitative estimate of drug-likeness (QED) is 0.0457. The van der Waals surface area contributed by atoms with Gasteiger partial charge in [0.05, 0.1) is 38.1 Å². The second kappa shape index (κ2) is 23.4. The third-order valence-corrected chi connectivity index (χ3v) is 13.0. The number of rotatable bonds is 24. The summed E-state index contributed by atoms with van der Waals surface area (Å²) in [5.41, 5.74) is 2.74. The van der Waals surface area contributed by atoms with Crippen LogP contribution in [-0.4, -0.2) is 97.0 Å². The standard InChI is InChI=1S/C48H66N2O9S/c1-4-7-28-56-47(53)50(24-5-2)43-34-41(49-59-44-21-13-16-29-55-44)39-32-35(17-11-14-25-51)38(20-12-15-26-52)45-40-33-36(54-30-31-60-37-18-9-8-10-19-37)22-23-42(40)58-48(43,46(39)45)57-27-6-3/h4,6,8-10,18-19,22-23,32-33,35,38,43-46,51-52H,1,3,5,7,11-17,20-21,24-31,34H2,2H3. The Morgan fingerprint density at radius 3 is 2.58 bits per heavy atom. The fourth-order valence-electron chi connectivity index (χ4n) is 9.42. The van der Waals surface area contributed by atoms with Crippen molar-refractivity contribution in [1.29, 1.82) is 0 Å². The van der Waals surface area contributed by atoms with Gasteiger partial charge < -0.3 is 38.7 Å². The van der Waals surface area contributed by atoms with E-state index >= 15 is 0 Å². The van der Waals surface area contributed by atoms with Crippen molar-refractivity contribution in [3.05, 3.63) is 91.1 Å². The lowest BCUT2D eigenvalue weighted by molar-refractivity contribution is -0.255. The molecule has 4 aliphatic rings. The molecule has 2 aromatic carbocycles. The number of allylic oxidation sites excluding steroid dienone is 1. The van der Waals surface area contributed by atoms with Crippen molar-refractivity contribution < 1.29 is 43.5 Å². The van der Waals surface area contributed by atoms with Gasteiger partial charge in [-0.05, 0) is 99.1 Å². The van der Waals surface area contributed by atoms with Gasteiger partial charge in [0.1, 0.15) is 17.5 Å². The van der Waals surface area contributed by atoms with Crippen molar-refractivity contribution >= 4 is 23.6 Å². The lowest BCUT2D eigenvalue weighted by atomic mass is 9.55. The van der Waals surface area contributed by atoms with Gasteiger partial charge >= 0.3 is 6.09 Å². The molecule has 1 saturated heterocycles. The first-order valence-electron chi connectivity index (χ1n) is 22.2. The van der Waals surface area contributed by atoms with Gasteiger partial charge in [0.15, 0.2) is 0 Å². The number of aliphatic hydroxyl groups excluding tert-OH is 2. The molecule has 60 heavy (non-hydrogen) atoms. The molecule has 0 spiro atoms. The smallest absolute Gasteiger partial charge is 0.410 e. The lowest BCUT2D eigenvalue weighted by Gasteiger charge is -2.60. The minimum Gasteiger partial charge on any atom is -0.493 e. The molecule has 12 heteroatoms. The highest BCUT2D eigenvalue weighted by Gasteiger charge is 2.65. The van der Waals surface area contributed by atoms with Gasteiger partial charge in [0, 0.05) is 54.7 Å². The number of benzene rings is 2. The minimum atomic E-state index is -1.36. The minimum absolute atomic E-state index is 0.101. The fourth-order valence-corrected chi connectivity index (χ4v) is 10.2. The van der Waals surface area contributed by atoms with Gasteiger partial charge in [0.2, 0.25) is 12.1 Å². The summed E-state index contributed by atoms with van der Waals surface area (Å²) in [6.45, 7) is 12.1. The molecule has 2 heterocycles. The van der Waals surface area contributed by atoms with E-state index in [1.165, 1.54) is 4.90 Å². The van der Waals surface area contributed by atoms with E-state index in [2.05, 4.69) is 37.4 Å². The van der Waals surface area contributed by atoms with Crippen LogP contribution >= 0.6 is 11.8 Å². The van der Waals surface area contributed by atoms with E-state index < -0.39 is 30.1 Å². The monoisotopic (exact) mass is 846 g/mol. The van der Waals surface area contributed by atoms with Crippen LogP contribution in [0.1, 0.15) is 95.5 Å². The van der Waals surface area contributed by atoms with Crippen molar-refractivity contribution in [1.82, 2.24) is 4.90 Å². The van der Waals surface area contributed by atoms with Gasteiger partial charge in [-0.15, -0.1) is 24.9 Å². The summed E-state index contributed by atoms with van der Waals surface area (Å²) in [6.07, 6.45) is 13.9. The second-order valence-corrected chi connectivity index (χ2v) is 17.2. The number of amides is 1. The number of thioether (sulfide) groups is 1. The third kappa shape index (κ3) is 11.2. The molecule has 7 unspecified atom stereocenters. The Labute approximate surface area is 361 Å². The maximum atomic E-state index is 14.3. The molecule has 7 atom stereocenters. The van der Waals surface area contributed by atoms with Crippen LogP contribution in [0.2, 0.25) is 0 Å². The Kier molecular flexibility index (Phi) is 17.8. The molecule has 2 aliphatic carbocycles. The van der Waals surface area contributed by atoms with E-state index in [9.17, 15) is 15.0 Å². The Bertz CT molecular complexity index is 1730. The first-order valence-corrected chi connectivity index (χ1v) is 23.2. The van der Waals surface area contributed by atoms with Gasteiger partial charge in [-0.2, -0.15) is 0 Å². The second-order valence-electron chi connectivity index (χ2n) is 16.1. The summed E-state index contributed by atoms with van der Waals surface area (Å²) in [5.74, 6) is 0.508. The number of unbranched alkanes of at least 4 members (excludes halogenated alkanes) is 2. The normalized spacial score (nSPS) is 26.2. The van der Waals surface area contributed by atoms with E-state index in [-0.39, 0.29) is 44.2 Å². The topological polar surface area (TPSA) is 129 Å². The summed E-state index contributed by atoms with van der Waals surface area (Å²) < 4.78 is 32.7. The summed E-state index contributed by atoms with van der Waals surface area (Å²) in [6, 6.07) is 15.7. The molecule has 0 radical (unpaired) electrons. The molecule has 0 bridgehead atoms. The third-order valence-electron chi connectivity index (χ3n) is 12.0. The predicted molar refractivity (Wildman–Crippen MR) is 235 cm³/mol.